The van der Waals surface area contributed by atoms with Crippen LogP contribution >= 0.6 is 11.8 Å². The van der Waals surface area contributed by atoms with Crippen LogP contribution in [0.5, 0.6) is 5.75 Å². The molecule has 0 unspecified atom stereocenters. The molecule has 1 aliphatic carbocycles. The molecule has 1 saturated heterocycles. The number of phenolic OH excluding ortho intramolecular Hbond substituents is 1. The highest BCUT2D eigenvalue weighted by Crippen LogP contribution is 2.52. The molecule has 2 nitrogen and oxygen atoms in total. The predicted octanol–water partition coefficient (Wildman–Crippen LogP) is 3.50. The standard InChI is InChI=1S/C14H18O2S/c1-14(2)11-7-6-9-10(4-3-5-12(9)15)13(11)16-8-17-14/h3-5,11,13,15H,6-8H2,1-2H3/t11-,13+/m1/s1. The van der Waals surface area contributed by atoms with Crippen molar-refractivity contribution in [1.29, 1.82) is 0 Å². The van der Waals surface area contributed by atoms with Crippen molar-refractivity contribution in [3.63, 3.8) is 0 Å². The zero-order chi connectivity index (χ0) is 12.0. The second-order valence-corrected chi connectivity index (χ2v) is 7.02. The molecule has 0 aromatic heterocycles. The molecule has 0 spiro atoms. The summed E-state index contributed by atoms with van der Waals surface area (Å²) in [6.07, 6.45) is 2.24. The zero-order valence-electron chi connectivity index (χ0n) is 10.3. The molecular formula is C14H18O2S. The van der Waals surface area contributed by atoms with Gasteiger partial charge in [-0.2, -0.15) is 0 Å². The summed E-state index contributed by atoms with van der Waals surface area (Å²) in [4.78, 5) is 0. The molecule has 1 N–H and O–H groups in total. The molecule has 17 heavy (non-hydrogen) atoms. The van der Waals surface area contributed by atoms with Gasteiger partial charge >= 0.3 is 0 Å². The van der Waals surface area contributed by atoms with Gasteiger partial charge in [-0.15, -0.1) is 11.8 Å². The van der Waals surface area contributed by atoms with Crippen LogP contribution in [0, 0.1) is 5.92 Å². The van der Waals surface area contributed by atoms with Crippen molar-refractivity contribution in [3.05, 3.63) is 29.3 Å². The van der Waals surface area contributed by atoms with E-state index >= 15 is 0 Å². The minimum Gasteiger partial charge on any atom is -0.508 e. The highest BCUT2D eigenvalue weighted by Gasteiger charge is 2.44. The molecule has 1 aromatic rings. The van der Waals surface area contributed by atoms with E-state index in [1.165, 1.54) is 5.56 Å². The molecule has 3 heteroatoms. The summed E-state index contributed by atoms with van der Waals surface area (Å²) < 4.78 is 6.22. The number of aromatic hydroxyl groups is 1. The first-order chi connectivity index (χ1) is 8.09. The Balaban J connectivity index is 2.04. The van der Waals surface area contributed by atoms with Crippen molar-refractivity contribution in [2.24, 2.45) is 5.92 Å². The Morgan fingerprint density at radius 2 is 2.24 bits per heavy atom. The molecule has 1 aromatic carbocycles. The molecule has 2 atom stereocenters. The van der Waals surface area contributed by atoms with Gasteiger partial charge in [0.2, 0.25) is 0 Å². The van der Waals surface area contributed by atoms with Crippen LogP contribution in [0.3, 0.4) is 0 Å². The lowest BCUT2D eigenvalue weighted by Crippen LogP contribution is -2.41. The van der Waals surface area contributed by atoms with Crippen LogP contribution in [0.15, 0.2) is 18.2 Å². The van der Waals surface area contributed by atoms with E-state index in [2.05, 4.69) is 19.9 Å². The van der Waals surface area contributed by atoms with Crippen molar-refractivity contribution in [2.75, 3.05) is 5.94 Å². The topological polar surface area (TPSA) is 29.5 Å². The van der Waals surface area contributed by atoms with Gasteiger partial charge in [-0.1, -0.05) is 26.0 Å². The van der Waals surface area contributed by atoms with Gasteiger partial charge in [-0.05, 0) is 30.0 Å². The van der Waals surface area contributed by atoms with Gasteiger partial charge in [-0.25, -0.2) is 0 Å². The Bertz CT molecular complexity index is 442. The SMILES string of the molecule is CC1(C)SCO[C@H]2c3cccc(O)c3CC[C@H]21. The van der Waals surface area contributed by atoms with Crippen LogP contribution in [-0.2, 0) is 11.2 Å². The maximum Gasteiger partial charge on any atom is 0.119 e. The van der Waals surface area contributed by atoms with Crippen molar-refractivity contribution >= 4 is 11.8 Å². The monoisotopic (exact) mass is 250 g/mol. The van der Waals surface area contributed by atoms with Gasteiger partial charge < -0.3 is 9.84 Å². The van der Waals surface area contributed by atoms with Gasteiger partial charge in [0, 0.05) is 10.7 Å². The van der Waals surface area contributed by atoms with Gasteiger partial charge in [0.05, 0.1) is 12.0 Å². The fourth-order valence-electron chi connectivity index (χ4n) is 3.08. The Labute approximate surface area is 106 Å². The van der Waals surface area contributed by atoms with E-state index < -0.39 is 0 Å². The van der Waals surface area contributed by atoms with E-state index in [9.17, 15) is 5.11 Å². The van der Waals surface area contributed by atoms with Crippen molar-refractivity contribution < 1.29 is 9.84 Å². The summed E-state index contributed by atoms with van der Waals surface area (Å²) in [7, 11) is 0. The molecule has 2 aliphatic rings. The molecule has 0 bridgehead atoms. The molecular weight excluding hydrogens is 232 g/mol. The van der Waals surface area contributed by atoms with Crippen LogP contribution in [-0.4, -0.2) is 15.8 Å². The first-order valence-electron chi connectivity index (χ1n) is 6.16. The fraction of sp³-hybridized carbons (Fsp3) is 0.571. The number of benzene rings is 1. The van der Waals surface area contributed by atoms with Gasteiger partial charge in [-0.3, -0.25) is 0 Å². The van der Waals surface area contributed by atoms with Gasteiger partial charge in [0.25, 0.3) is 0 Å². The van der Waals surface area contributed by atoms with Crippen molar-refractivity contribution in [1.82, 2.24) is 0 Å². The molecule has 0 radical (unpaired) electrons. The summed E-state index contributed by atoms with van der Waals surface area (Å²) in [5, 5.41) is 9.92. The quantitative estimate of drug-likeness (QED) is 0.764. The number of fused-ring (bicyclic) bond motifs is 3. The summed E-state index contributed by atoms with van der Waals surface area (Å²) >= 11 is 1.90. The first-order valence-corrected chi connectivity index (χ1v) is 7.14. The smallest absolute Gasteiger partial charge is 0.119 e. The highest BCUT2D eigenvalue weighted by atomic mass is 32.2. The van der Waals surface area contributed by atoms with Crippen LogP contribution in [0.2, 0.25) is 0 Å². The number of hydrogen-bond acceptors (Lipinski definition) is 3. The lowest BCUT2D eigenvalue weighted by atomic mass is 9.75. The Hall–Kier alpha value is -0.670. The minimum atomic E-state index is 0.169. The van der Waals surface area contributed by atoms with E-state index in [4.69, 9.17) is 4.74 Å². The number of thioether (sulfide) groups is 1. The number of rotatable bonds is 0. The van der Waals surface area contributed by atoms with Crippen molar-refractivity contribution in [2.45, 2.75) is 37.5 Å². The maximum absolute atomic E-state index is 9.92. The van der Waals surface area contributed by atoms with Crippen LogP contribution in [0.1, 0.15) is 37.5 Å². The average molecular weight is 250 g/mol. The van der Waals surface area contributed by atoms with E-state index in [0.29, 0.717) is 11.7 Å². The molecule has 92 valence electrons. The predicted molar refractivity (Wildman–Crippen MR) is 70.3 cm³/mol. The number of ether oxygens (including phenoxy) is 1. The molecule has 1 fully saturated rings. The van der Waals surface area contributed by atoms with Crippen LogP contribution in [0.4, 0.5) is 0 Å². The third-order valence-corrected chi connectivity index (χ3v) is 5.44. The molecule has 0 amide bonds. The molecule has 0 saturated carbocycles. The minimum absolute atomic E-state index is 0.169. The molecule has 1 aliphatic heterocycles. The summed E-state index contributed by atoms with van der Waals surface area (Å²) in [6, 6.07) is 5.81. The van der Waals surface area contributed by atoms with Crippen LogP contribution < -0.4 is 0 Å². The van der Waals surface area contributed by atoms with E-state index in [1.807, 2.05) is 17.8 Å². The second-order valence-electron chi connectivity index (χ2n) is 5.44. The molecule has 3 rings (SSSR count). The summed E-state index contributed by atoms with van der Waals surface area (Å²) in [6.45, 7) is 4.62. The van der Waals surface area contributed by atoms with Crippen molar-refractivity contribution in [3.8, 4) is 5.75 Å². The van der Waals surface area contributed by atoms with Gasteiger partial charge in [0.1, 0.15) is 5.75 Å². The Morgan fingerprint density at radius 3 is 3.06 bits per heavy atom. The second kappa shape index (κ2) is 3.92. The third-order valence-electron chi connectivity index (χ3n) is 4.14. The summed E-state index contributed by atoms with van der Waals surface area (Å²) in [5.74, 6) is 1.74. The van der Waals surface area contributed by atoms with E-state index in [0.717, 1.165) is 24.3 Å². The average Bonchev–Trinajstić information content (AvgIpc) is 2.29. The van der Waals surface area contributed by atoms with E-state index in [1.54, 1.807) is 6.07 Å². The molecule has 1 heterocycles. The Morgan fingerprint density at radius 1 is 1.41 bits per heavy atom. The Kier molecular flexibility index (Phi) is 2.64. The van der Waals surface area contributed by atoms with Gasteiger partial charge in [0.15, 0.2) is 0 Å². The largest absolute Gasteiger partial charge is 0.508 e. The number of phenols is 1. The fourth-order valence-corrected chi connectivity index (χ4v) is 4.06. The third kappa shape index (κ3) is 1.76. The lowest BCUT2D eigenvalue weighted by Gasteiger charge is -2.46. The maximum atomic E-state index is 9.92. The summed E-state index contributed by atoms with van der Waals surface area (Å²) in [5.41, 5.74) is 2.30. The van der Waals surface area contributed by atoms with Crippen LogP contribution in [0.25, 0.3) is 0 Å². The number of hydrogen-bond donors (Lipinski definition) is 1. The zero-order valence-corrected chi connectivity index (χ0v) is 11.1. The lowest BCUT2D eigenvalue weighted by molar-refractivity contribution is 0.00534. The first kappa shape index (κ1) is 11.4. The normalized spacial score (nSPS) is 30.5. The van der Waals surface area contributed by atoms with E-state index in [-0.39, 0.29) is 10.9 Å². The highest BCUT2D eigenvalue weighted by molar-refractivity contribution is 8.00.